The molecular weight excluding hydrogens is 290 g/mol. The van der Waals surface area contributed by atoms with Crippen LogP contribution in [0.15, 0.2) is 18.2 Å². The van der Waals surface area contributed by atoms with E-state index in [1.807, 2.05) is 6.92 Å². The van der Waals surface area contributed by atoms with Gasteiger partial charge in [-0.1, -0.05) is 11.6 Å². The van der Waals surface area contributed by atoms with Crippen LogP contribution in [-0.4, -0.2) is 37.6 Å². The average Bonchev–Trinajstić information content (AvgIpc) is 2.40. The summed E-state index contributed by atoms with van der Waals surface area (Å²) in [6, 6.07) is 4.38. The van der Waals surface area contributed by atoms with E-state index in [1.165, 1.54) is 18.2 Å². The summed E-state index contributed by atoms with van der Waals surface area (Å²) in [5.41, 5.74) is 0.477. The maximum Gasteiger partial charge on any atom is 0.387 e. The second kappa shape index (κ2) is 8.01. The van der Waals surface area contributed by atoms with E-state index in [2.05, 4.69) is 10.1 Å². The molecule has 0 spiro atoms. The minimum Gasteiger partial charge on any atom is -0.434 e. The Balaban J connectivity index is 2.62. The number of benzene rings is 1. The van der Waals surface area contributed by atoms with Crippen molar-refractivity contribution in [2.24, 2.45) is 0 Å². The Morgan fingerprint density at radius 2 is 2.20 bits per heavy atom. The molecule has 4 nitrogen and oxygen atoms in total. The first-order valence-electron chi connectivity index (χ1n) is 6.12. The number of nitrogens with zero attached hydrogens (tertiary/aromatic N) is 1. The van der Waals surface area contributed by atoms with Crippen molar-refractivity contribution in [2.75, 3.05) is 20.1 Å². The van der Waals surface area contributed by atoms with Gasteiger partial charge in [-0.05, 0) is 25.1 Å². The number of likely N-dealkylation sites (N-methyl/N-ethyl adjacent to an activating group) is 1. The van der Waals surface area contributed by atoms with Crippen LogP contribution in [0, 0.1) is 0 Å². The highest BCUT2D eigenvalue weighted by Gasteiger charge is 2.11. The minimum absolute atomic E-state index is 0.0493. The first-order valence-corrected chi connectivity index (χ1v) is 6.49. The van der Waals surface area contributed by atoms with Gasteiger partial charge in [-0.15, -0.1) is 0 Å². The Bertz CT molecular complexity index is 458. The number of rotatable bonds is 7. The maximum atomic E-state index is 12.3. The zero-order valence-electron chi connectivity index (χ0n) is 11.3. The van der Waals surface area contributed by atoms with Crippen LogP contribution in [0.25, 0.3) is 0 Å². The zero-order chi connectivity index (χ0) is 15.1. The van der Waals surface area contributed by atoms with Crippen LogP contribution in [0.4, 0.5) is 8.78 Å². The number of carbonyl (C=O) groups excluding carboxylic acids is 1. The quantitative estimate of drug-likeness (QED) is 0.841. The standard InChI is InChI=1S/C13H17ClF2N2O2/c1-3-18(2)12(19)8-17-7-9-6-10(14)4-5-11(9)20-13(15)16/h4-6,13,17H,3,7-8H2,1-2H3. The number of carbonyl (C=O) groups is 1. The van der Waals surface area contributed by atoms with Crippen LogP contribution >= 0.6 is 11.6 Å². The number of hydrogen-bond acceptors (Lipinski definition) is 3. The van der Waals surface area contributed by atoms with E-state index in [1.54, 1.807) is 11.9 Å². The van der Waals surface area contributed by atoms with Crippen molar-refractivity contribution in [3.8, 4) is 5.75 Å². The Morgan fingerprint density at radius 1 is 1.50 bits per heavy atom. The third-order valence-electron chi connectivity index (χ3n) is 2.73. The molecule has 0 saturated carbocycles. The lowest BCUT2D eigenvalue weighted by atomic mass is 10.2. The van der Waals surface area contributed by atoms with Gasteiger partial charge in [-0.3, -0.25) is 4.79 Å². The molecule has 0 bridgehead atoms. The van der Waals surface area contributed by atoms with Gasteiger partial charge in [-0.25, -0.2) is 0 Å². The Kier molecular flexibility index (Phi) is 6.67. The van der Waals surface area contributed by atoms with Gasteiger partial charge in [0.1, 0.15) is 5.75 Å². The highest BCUT2D eigenvalue weighted by Crippen LogP contribution is 2.24. The second-order valence-corrected chi connectivity index (χ2v) is 4.58. The van der Waals surface area contributed by atoms with Crippen molar-refractivity contribution in [1.82, 2.24) is 10.2 Å². The van der Waals surface area contributed by atoms with Crippen molar-refractivity contribution in [2.45, 2.75) is 20.1 Å². The molecule has 0 aliphatic carbocycles. The molecule has 1 amide bonds. The fraction of sp³-hybridized carbons (Fsp3) is 0.462. The fourth-order valence-electron chi connectivity index (χ4n) is 1.51. The Labute approximate surface area is 121 Å². The van der Waals surface area contributed by atoms with E-state index in [0.717, 1.165) is 0 Å². The molecule has 0 aliphatic heterocycles. The lowest BCUT2D eigenvalue weighted by Crippen LogP contribution is -2.35. The van der Waals surface area contributed by atoms with Crippen molar-refractivity contribution >= 4 is 17.5 Å². The third-order valence-corrected chi connectivity index (χ3v) is 2.97. The number of hydrogen-bond donors (Lipinski definition) is 1. The van der Waals surface area contributed by atoms with Crippen LogP contribution in [0.5, 0.6) is 5.75 Å². The lowest BCUT2D eigenvalue weighted by Gasteiger charge is -2.15. The van der Waals surface area contributed by atoms with Crippen LogP contribution in [0.3, 0.4) is 0 Å². The average molecular weight is 307 g/mol. The number of alkyl halides is 2. The Morgan fingerprint density at radius 3 is 2.80 bits per heavy atom. The smallest absolute Gasteiger partial charge is 0.387 e. The number of amides is 1. The lowest BCUT2D eigenvalue weighted by molar-refractivity contribution is -0.128. The van der Waals surface area contributed by atoms with Gasteiger partial charge in [0, 0.05) is 30.7 Å². The largest absolute Gasteiger partial charge is 0.434 e. The van der Waals surface area contributed by atoms with Gasteiger partial charge in [0.2, 0.25) is 5.91 Å². The SMILES string of the molecule is CCN(C)C(=O)CNCc1cc(Cl)ccc1OC(F)F. The van der Waals surface area contributed by atoms with E-state index >= 15 is 0 Å². The predicted molar refractivity (Wildman–Crippen MR) is 73.1 cm³/mol. The monoisotopic (exact) mass is 306 g/mol. The van der Waals surface area contributed by atoms with Crippen LogP contribution in [0.1, 0.15) is 12.5 Å². The van der Waals surface area contributed by atoms with Gasteiger partial charge in [0.25, 0.3) is 0 Å². The van der Waals surface area contributed by atoms with E-state index in [0.29, 0.717) is 17.1 Å². The Hall–Kier alpha value is -1.40. The maximum absolute atomic E-state index is 12.3. The predicted octanol–water partition coefficient (Wildman–Crippen LogP) is 2.51. The molecule has 0 fully saturated rings. The molecule has 0 heterocycles. The summed E-state index contributed by atoms with van der Waals surface area (Å²) >= 11 is 5.82. The van der Waals surface area contributed by atoms with Gasteiger partial charge < -0.3 is 15.0 Å². The summed E-state index contributed by atoms with van der Waals surface area (Å²) in [5, 5.41) is 3.30. The van der Waals surface area contributed by atoms with Gasteiger partial charge in [0.15, 0.2) is 0 Å². The molecule has 1 aromatic carbocycles. The summed E-state index contributed by atoms with van der Waals surface area (Å²) < 4.78 is 28.9. The van der Waals surface area contributed by atoms with E-state index < -0.39 is 6.61 Å². The minimum atomic E-state index is -2.90. The molecule has 0 aromatic heterocycles. The molecule has 112 valence electrons. The number of nitrogens with one attached hydrogen (secondary N) is 1. The number of ether oxygens (including phenoxy) is 1. The third kappa shape index (κ3) is 5.30. The second-order valence-electron chi connectivity index (χ2n) is 4.14. The molecule has 0 saturated heterocycles. The molecule has 1 N–H and O–H groups in total. The highest BCUT2D eigenvalue weighted by atomic mass is 35.5. The molecule has 0 atom stereocenters. The summed E-state index contributed by atoms with van der Waals surface area (Å²) in [4.78, 5) is 13.1. The van der Waals surface area contributed by atoms with E-state index in [9.17, 15) is 13.6 Å². The fourth-order valence-corrected chi connectivity index (χ4v) is 1.71. The van der Waals surface area contributed by atoms with E-state index in [4.69, 9.17) is 11.6 Å². The summed E-state index contributed by atoms with van der Waals surface area (Å²) in [6.07, 6.45) is 0. The summed E-state index contributed by atoms with van der Waals surface area (Å²) in [6.45, 7) is -0.0969. The summed E-state index contributed by atoms with van der Waals surface area (Å²) in [7, 11) is 1.69. The number of halogens is 3. The molecule has 0 unspecified atom stereocenters. The van der Waals surface area contributed by atoms with Crippen molar-refractivity contribution in [3.05, 3.63) is 28.8 Å². The van der Waals surface area contributed by atoms with Crippen molar-refractivity contribution < 1.29 is 18.3 Å². The molecule has 1 rings (SSSR count). The molecular formula is C13H17ClF2N2O2. The van der Waals surface area contributed by atoms with Gasteiger partial charge >= 0.3 is 6.61 Å². The molecule has 0 radical (unpaired) electrons. The normalized spacial score (nSPS) is 10.7. The van der Waals surface area contributed by atoms with Crippen LogP contribution < -0.4 is 10.1 Å². The van der Waals surface area contributed by atoms with E-state index in [-0.39, 0.29) is 24.7 Å². The summed E-state index contributed by atoms with van der Waals surface area (Å²) in [5.74, 6) is -0.0287. The zero-order valence-corrected chi connectivity index (χ0v) is 12.1. The highest BCUT2D eigenvalue weighted by molar-refractivity contribution is 6.30. The molecule has 0 aliphatic rings. The van der Waals surface area contributed by atoms with Crippen molar-refractivity contribution in [1.29, 1.82) is 0 Å². The van der Waals surface area contributed by atoms with Crippen molar-refractivity contribution in [3.63, 3.8) is 0 Å². The topological polar surface area (TPSA) is 41.6 Å². The van der Waals surface area contributed by atoms with Crippen LogP contribution in [-0.2, 0) is 11.3 Å². The van der Waals surface area contributed by atoms with Gasteiger partial charge in [-0.2, -0.15) is 8.78 Å². The van der Waals surface area contributed by atoms with Gasteiger partial charge in [0.05, 0.1) is 6.54 Å². The first-order chi connectivity index (χ1) is 9.43. The molecule has 1 aromatic rings. The molecule has 7 heteroatoms. The van der Waals surface area contributed by atoms with Crippen LogP contribution in [0.2, 0.25) is 5.02 Å². The molecule has 20 heavy (non-hydrogen) atoms. The first kappa shape index (κ1) is 16.7.